The summed E-state index contributed by atoms with van der Waals surface area (Å²) in [6.07, 6.45) is 7.63. The molecule has 17 heavy (non-hydrogen) atoms. The Balaban J connectivity index is 1.93. The SMILES string of the molecule is C[C@@H]1CCC/C(=N/NC(=O)c2ccncc2)C1. The summed E-state index contributed by atoms with van der Waals surface area (Å²) >= 11 is 0. The summed E-state index contributed by atoms with van der Waals surface area (Å²) in [6, 6.07) is 3.36. The zero-order chi connectivity index (χ0) is 12.1. The molecule has 4 heteroatoms. The summed E-state index contributed by atoms with van der Waals surface area (Å²) in [5.41, 5.74) is 4.30. The maximum absolute atomic E-state index is 11.7. The molecule has 1 amide bonds. The van der Waals surface area contributed by atoms with E-state index < -0.39 is 0 Å². The van der Waals surface area contributed by atoms with Crippen LogP contribution in [-0.4, -0.2) is 16.6 Å². The van der Waals surface area contributed by atoms with E-state index in [9.17, 15) is 4.79 Å². The van der Waals surface area contributed by atoms with Crippen LogP contribution in [0.2, 0.25) is 0 Å². The van der Waals surface area contributed by atoms with E-state index in [4.69, 9.17) is 0 Å². The van der Waals surface area contributed by atoms with Gasteiger partial charge in [-0.2, -0.15) is 5.10 Å². The molecule has 1 aromatic heterocycles. The monoisotopic (exact) mass is 231 g/mol. The summed E-state index contributed by atoms with van der Waals surface area (Å²) < 4.78 is 0. The smallest absolute Gasteiger partial charge is 0.267 e. The minimum atomic E-state index is -0.168. The van der Waals surface area contributed by atoms with Crippen molar-refractivity contribution in [1.29, 1.82) is 0 Å². The van der Waals surface area contributed by atoms with Crippen LogP contribution in [0.3, 0.4) is 0 Å². The molecule has 0 aliphatic heterocycles. The lowest BCUT2D eigenvalue weighted by molar-refractivity contribution is 0.0954. The molecule has 1 aliphatic carbocycles. The molecular weight excluding hydrogens is 214 g/mol. The van der Waals surface area contributed by atoms with E-state index in [1.165, 1.54) is 12.8 Å². The van der Waals surface area contributed by atoms with Gasteiger partial charge in [-0.25, -0.2) is 5.43 Å². The summed E-state index contributed by atoms with van der Waals surface area (Å²) in [4.78, 5) is 15.6. The van der Waals surface area contributed by atoms with Gasteiger partial charge in [0.15, 0.2) is 0 Å². The van der Waals surface area contributed by atoms with Gasteiger partial charge in [0, 0.05) is 23.7 Å². The van der Waals surface area contributed by atoms with Crippen molar-refractivity contribution in [3.8, 4) is 0 Å². The first kappa shape index (κ1) is 11.8. The van der Waals surface area contributed by atoms with Crippen molar-refractivity contribution < 1.29 is 4.79 Å². The number of carbonyl (C=O) groups excluding carboxylic acids is 1. The van der Waals surface area contributed by atoms with Crippen LogP contribution in [0.5, 0.6) is 0 Å². The Morgan fingerprint density at radius 3 is 2.94 bits per heavy atom. The lowest BCUT2D eigenvalue weighted by Crippen LogP contribution is -2.22. The van der Waals surface area contributed by atoms with Gasteiger partial charge in [0.2, 0.25) is 0 Å². The fourth-order valence-corrected chi connectivity index (χ4v) is 2.06. The number of hydrogen-bond acceptors (Lipinski definition) is 3. The van der Waals surface area contributed by atoms with Gasteiger partial charge in [-0.1, -0.05) is 6.92 Å². The van der Waals surface area contributed by atoms with E-state index >= 15 is 0 Å². The Bertz CT molecular complexity index is 414. The molecule has 0 unspecified atom stereocenters. The van der Waals surface area contributed by atoms with Gasteiger partial charge < -0.3 is 0 Å². The predicted octanol–water partition coefficient (Wildman–Crippen LogP) is 2.38. The molecule has 1 atom stereocenters. The Hall–Kier alpha value is -1.71. The Kier molecular flexibility index (Phi) is 3.85. The highest BCUT2D eigenvalue weighted by molar-refractivity contribution is 5.95. The van der Waals surface area contributed by atoms with Gasteiger partial charge >= 0.3 is 0 Å². The largest absolute Gasteiger partial charge is 0.271 e. The highest BCUT2D eigenvalue weighted by Gasteiger charge is 2.14. The van der Waals surface area contributed by atoms with E-state index in [0.29, 0.717) is 11.5 Å². The van der Waals surface area contributed by atoms with E-state index in [1.54, 1.807) is 24.5 Å². The fourth-order valence-electron chi connectivity index (χ4n) is 2.06. The zero-order valence-electron chi connectivity index (χ0n) is 10.0. The van der Waals surface area contributed by atoms with Crippen LogP contribution in [0.15, 0.2) is 29.6 Å². The number of pyridine rings is 1. The van der Waals surface area contributed by atoms with Crippen molar-refractivity contribution in [2.24, 2.45) is 11.0 Å². The standard InChI is InChI=1S/C13H17N3O/c1-10-3-2-4-12(9-10)15-16-13(17)11-5-7-14-8-6-11/h5-8,10H,2-4,9H2,1H3,(H,16,17)/b15-12-/t10-/m1/s1. The minimum Gasteiger partial charge on any atom is -0.267 e. The molecule has 1 saturated carbocycles. The number of nitrogens with one attached hydrogen (secondary N) is 1. The molecule has 1 aromatic rings. The predicted molar refractivity (Wildman–Crippen MR) is 66.8 cm³/mol. The maximum atomic E-state index is 11.7. The second kappa shape index (κ2) is 5.57. The first-order chi connectivity index (χ1) is 8.25. The maximum Gasteiger partial charge on any atom is 0.271 e. The van der Waals surface area contributed by atoms with Crippen molar-refractivity contribution in [2.75, 3.05) is 0 Å². The van der Waals surface area contributed by atoms with Crippen molar-refractivity contribution in [3.63, 3.8) is 0 Å². The summed E-state index contributed by atoms with van der Waals surface area (Å²) in [7, 11) is 0. The van der Waals surface area contributed by atoms with Crippen LogP contribution in [0.1, 0.15) is 43.0 Å². The van der Waals surface area contributed by atoms with Gasteiger partial charge in [-0.3, -0.25) is 9.78 Å². The van der Waals surface area contributed by atoms with E-state index in [0.717, 1.165) is 18.6 Å². The third kappa shape index (κ3) is 3.37. The van der Waals surface area contributed by atoms with Crippen LogP contribution in [0.25, 0.3) is 0 Å². The van der Waals surface area contributed by atoms with E-state index in [2.05, 4.69) is 22.4 Å². The molecule has 4 nitrogen and oxygen atoms in total. The van der Waals surface area contributed by atoms with Gasteiger partial charge in [-0.05, 0) is 43.7 Å². The summed E-state index contributed by atoms with van der Waals surface area (Å²) in [5, 5.41) is 4.21. The third-order valence-corrected chi connectivity index (χ3v) is 3.00. The number of rotatable bonds is 2. The Labute approximate surface area is 101 Å². The summed E-state index contributed by atoms with van der Waals surface area (Å²) in [5.74, 6) is 0.512. The lowest BCUT2D eigenvalue weighted by Gasteiger charge is -2.18. The minimum absolute atomic E-state index is 0.168. The van der Waals surface area contributed by atoms with Crippen molar-refractivity contribution >= 4 is 11.6 Å². The molecule has 1 aliphatic rings. The molecule has 1 N–H and O–H groups in total. The average Bonchev–Trinajstić information content (AvgIpc) is 2.37. The quantitative estimate of drug-likeness (QED) is 0.794. The summed E-state index contributed by atoms with van der Waals surface area (Å²) in [6.45, 7) is 2.22. The van der Waals surface area contributed by atoms with Crippen molar-refractivity contribution in [3.05, 3.63) is 30.1 Å². The molecular formula is C13H17N3O. The second-order valence-corrected chi connectivity index (χ2v) is 4.56. The normalized spacial score (nSPS) is 22.4. The number of hydrogen-bond donors (Lipinski definition) is 1. The molecule has 0 bridgehead atoms. The van der Waals surface area contributed by atoms with Gasteiger partial charge in [0.25, 0.3) is 5.91 Å². The zero-order valence-corrected chi connectivity index (χ0v) is 10.0. The third-order valence-electron chi connectivity index (χ3n) is 3.00. The number of aromatic nitrogens is 1. The van der Waals surface area contributed by atoms with Crippen molar-refractivity contribution in [1.82, 2.24) is 10.4 Å². The number of carbonyl (C=O) groups is 1. The van der Waals surface area contributed by atoms with Crippen LogP contribution in [0, 0.1) is 5.92 Å². The van der Waals surface area contributed by atoms with Crippen LogP contribution < -0.4 is 5.43 Å². The molecule has 0 saturated heterocycles. The number of hydrazone groups is 1. The van der Waals surface area contributed by atoms with Gasteiger partial charge in [0.05, 0.1) is 0 Å². The second-order valence-electron chi connectivity index (χ2n) is 4.56. The molecule has 1 heterocycles. The molecule has 2 rings (SSSR count). The highest BCUT2D eigenvalue weighted by atomic mass is 16.2. The molecule has 0 spiro atoms. The fraction of sp³-hybridized carbons (Fsp3) is 0.462. The molecule has 0 aromatic carbocycles. The molecule has 1 fully saturated rings. The van der Waals surface area contributed by atoms with Gasteiger partial charge in [0.1, 0.15) is 0 Å². The Morgan fingerprint density at radius 1 is 1.47 bits per heavy atom. The van der Waals surface area contributed by atoms with E-state index in [-0.39, 0.29) is 5.91 Å². The van der Waals surface area contributed by atoms with Gasteiger partial charge in [-0.15, -0.1) is 0 Å². The topological polar surface area (TPSA) is 54.4 Å². The van der Waals surface area contributed by atoms with E-state index in [1.807, 2.05) is 0 Å². The Morgan fingerprint density at radius 2 is 2.24 bits per heavy atom. The van der Waals surface area contributed by atoms with Crippen LogP contribution in [0.4, 0.5) is 0 Å². The first-order valence-corrected chi connectivity index (χ1v) is 6.01. The molecule has 90 valence electrons. The number of amides is 1. The van der Waals surface area contributed by atoms with Crippen LogP contribution in [-0.2, 0) is 0 Å². The first-order valence-electron chi connectivity index (χ1n) is 6.01. The lowest BCUT2D eigenvalue weighted by atomic mass is 9.89. The molecule has 0 radical (unpaired) electrons. The average molecular weight is 231 g/mol. The van der Waals surface area contributed by atoms with Crippen molar-refractivity contribution in [2.45, 2.75) is 32.6 Å². The van der Waals surface area contributed by atoms with Crippen LogP contribution >= 0.6 is 0 Å². The highest BCUT2D eigenvalue weighted by Crippen LogP contribution is 2.20. The number of nitrogens with zero attached hydrogens (tertiary/aromatic N) is 2.